The minimum atomic E-state index is 0.463. The number of likely N-dealkylation sites (N-methyl/N-ethyl adjacent to an activating group) is 1. The highest BCUT2D eigenvalue weighted by atomic mass is 15.3. The van der Waals surface area contributed by atoms with Gasteiger partial charge in [-0.2, -0.15) is 0 Å². The average Bonchev–Trinajstić information content (AvgIpc) is 2.71. The molecule has 2 aromatic rings. The molecule has 0 amide bonds. The summed E-state index contributed by atoms with van der Waals surface area (Å²) in [6.07, 6.45) is 4.32. The van der Waals surface area contributed by atoms with Gasteiger partial charge in [-0.15, -0.1) is 10.2 Å². The molecule has 1 fully saturated rings. The molecule has 0 radical (unpaired) electrons. The molecule has 5 nitrogen and oxygen atoms in total. The number of nitrogen functional groups attached to an aromatic ring is 1. The fraction of sp³-hybridized carbons (Fsp3) is 0.500. The van der Waals surface area contributed by atoms with Crippen LogP contribution < -0.4 is 5.73 Å². The molecule has 90 valence electrons. The first-order valence-corrected chi connectivity index (χ1v) is 6.03. The first-order chi connectivity index (χ1) is 8.24. The van der Waals surface area contributed by atoms with Gasteiger partial charge in [0.1, 0.15) is 5.82 Å². The van der Waals surface area contributed by atoms with Crippen molar-refractivity contribution in [3.05, 3.63) is 24.2 Å². The second kappa shape index (κ2) is 4.00. The number of nitrogens with two attached hydrogens (primary N) is 1. The summed E-state index contributed by atoms with van der Waals surface area (Å²) in [6.45, 7) is 2.23. The molecule has 0 spiro atoms. The molecule has 0 bridgehead atoms. The maximum atomic E-state index is 5.82. The molecule has 1 aliphatic heterocycles. The highest BCUT2D eigenvalue weighted by Crippen LogP contribution is 2.25. The van der Waals surface area contributed by atoms with Crippen LogP contribution in [0.3, 0.4) is 0 Å². The number of pyridine rings is 1. The maximum Gasteiger partial charge on any atom is 0.160 e. The second-order valence-electron chi connectivity index (χ2n) is 4.85. The van der Waals surface area contributed by atoms with Gasteiger partial charge in [0, 0.05) is 24.3 Å². The summed E-state index contributed by atoms with van der Waals surface area (Å²) in [5.74, 6) is 1.50. The fourth-order valence-electron chi connectivity index (χ4n) is 2.58. The van der Waals surface area contributed by atoms with E-state index < -0.39 is 0 Å². The van der Waals surface area contributed by atoms with Crippen molar-refractivity contribution in [2.75, 3.05) is 25.9 Å². The van der Waals surface area contributed by atoms with E-state index in [1.165, 1.54) is 19.4 Å². The summed E-state index contributed by atoms with van der Waals surface area (Å²) < 4.78 is 2.03. The van der Waals surface area contributed by atoms with E-state index in [1.54, 1.807) is 0 Å². The minimum absolute atomic E-state index is 0.463. The molecule has 2 N–H and O–H groups in total. The Labute approximate surface area is 100 Å². The predicted molar refractivity (Wildman–Crippen MR) is 66.9 cm³/mol. The highest BCUT2D eigenvalue weighted by molar-refractivity contribution is 5.47. The van der Waals surface area contributed by atoms with Crippen molar-refractivity contribution in [2.45, 2.75) is 18.8 Å². The first kappa shape index (κ1) is 10.5. The van der Waals surface area contributed by atoms with Gasteiger partial charge in [0.15, 0.2) is 5.65 Å². The van der Waals surface area contributed by atoms with Crippen LogP contribution in [-0.2, 0) is 0 Å². The Morgan fingerprint density at radius 3 is 3.06 bits per heavy atom. The third-order valence-corrected chi connectivity index (χ3v) is 3.44. The van der Waals surface area contributed by atoms with E-state index in [0.29, 0.717) is 5.92 Å². The molecule has 1 saturated heterocycles. The lowest BCUT2D eigenvalue weighted by atomic mass is 9.98. The third-order valence-electron chi connectivity index (χ3n) is 3.44. The smallest absolute Gasteiger partial charge is 0.160 e. The van der Waals surface area contributed by atoms with Gasteiger partial charge in [0.2, 0.25) is 0 Å². The summed E-state index contributed by atoms with van der Waals surface area (Å²) in [7, 11) is 2.16. The summed E-state index contributed by atoms with van der Waals surface area (Å²) in [6, 6.07) is 3.78. The van der Waals surface area contributed by atoms with Gasteiger partial charge in [0.25, 0.3) is 0 Å². The largest absolute Gasteiger partial charge is 0.398 e. The van der Waals surface area contributed by atoms with Crippen LogP contribution >= 0.6 is 0 Å². The van der Waals surface area contributed by atoms with Crippen LogP contribution in [0.1, 0.15) is 24.6 Å². The molecule has 1 unspecified atom stereocenters. The standard InChI is InChI=1S/C12H17N5/c1-16-6-2-3-9(7-16)12-15-14-11-5-4-10(13)8-17(11)12/h4-5,8-9H,2-3,6-7,13H2,1H3. The quantitative estimate of drug-likeness (QED) is 0.799. The highest BCUT2D eigenvalue weighted by Gasteiger charge is 2.23. The van der Waals surface area contributed by atoms with Gasteiger partial charge in [0.05, 0.1) is 0 Å². The SMILES string of the molecule is CN1CCCC(c2nnc3ccc(N)cn23)C1. The predicted octanol–water partition coefficient (Wildman–Crippen LogP) is 1.12. The van der Waals surface area contributed by atoms with Crippen molar-refractivity contribution in [1.29, 1.82) is 0 Å². The van der Waals surface area contributed by atoms with Crippen molar-refractivity contribution in [3.63, 3.8) is 0 Å². The first-order valence-electron chi connectivity index (χ1n) is 6.03. The van der Waals surface area contributed by atoms with Gasteiger partial charge in [-0.1, -0.05) is 0 Å². The minimum Gasteiger partial charge on any atom is -0.398 e. The Bertz CT molecular complexity index is 533. The van der Waals surface area contributed by atoms with E-state index >= 15 is 0 Å². The number of hydrogen-bond acceptors (Lipinski definition) is 4. The fourth-order valence-corrected chi connectivity index (χ4v) is 2.58. The molecule has 5 heteroatoms. The summed E-state index contributed by atoms with van der Waals surface area (Å²) in [5, 5.41) is 8.52. The topological polar surface area (TPSA) is 59.5 Å². The van der Waals surface area contributed by atoms with Crippen LogP contribution in [0.2, 0.25) is 0 Å². The maximum absolute atomic E-state index is 5.82. The van der Waals surface area contributed by atoms with Crippen molar-refractivity contribution >= 4 is 11.3 Å². The van der Waals surface area contributed by atoms with Gasteiger partial charge in [-0.3, -0.25) is 4.40 Å². The second-order valence-corrected chi connectivity index (χ2v) is 4.85. The van der Waals surface area contributed by atoms with E-state index in [4.69, 9.17) is 5.73 Å². The number of nitrogens with zero attached hydrogens (tertiary/aromatic N) is 4. The molecule has 17 heavy (non-hydrogen) atoms. The zero-order chi connectivity index (χ0) is 11.8. The molecule has 0 saturated carbocycles. The van der Waals surface area contributed by atoms with E-state index in [0.717, 1.165) is 23.7 Å². The van der Waals surface area contributed by atoms with Crippen LogP contribution in [0.25, 0.3) is 5.65 Å². The van der Waals surface area contributed by atoms with E-state index in [-0.39, 0.29) is 0 Å². The molecule has 3 heterocycles. The van der Waals surface area contributed by atoms with Gasteiger partial charge < -0.3 is 10.6 Å². The summed E-state index contributed by atoms with van der Waals surface area (Å²) in [5.41, 5.74) is 7.45. The van der Waals surface area contributed by atoms with Gasteiger partial charge in [-0.05, 0) is 38.6 Å². The van der Waals surface area contributed by atoms with E-state index in [1.807, 2.05) is 22.7 Å². The molecule has 3 rings (SSSR count). The Morgan fingerprint density at radius 1 is 1.35 bits per heavy atom. The Kier molecular flexibility index (Phi) is 2.48. The Morgan fingerprint density at radius 2 is 2.24 bits per heavy atom. The lowest BCUT2D eigenvalue weighted by Crippen LogP contribution is -2.31. The van der Waals surface area contributed by atoms with E-state index in [9.17, 15) is 0 Å². The number of likely N-dealkylation sites (tertiary alicyclic amines) is 1. The Hall–Kier alpha value is -1.62. The number of anilines is 1. The molecular formula is C12H17N5. The zero-order valence-corrected chi connectivity index (χ0v) is 10.0. The third kappa shape index (κ3) is 1.86. The number of aromatic nitrogens is 3. The molecular weight excluding hydrogens is 214 g/mol. The van der Waals surface area contributed by atoms with Crippen molar-refractivity contribution in [2.24, 2.45) is 0 Å². The molecule has 2 aromatic heterocycles. The lowest BCUT2D eigenvalue weighted by Gasteiger charge is -2.28. The number of piperidine rings is 1. The van der Waals surface area contributed by atoms with Gasteiger partial charge in [-0.25, -0.2) is 0 Å². The zero-order valence-electron chi connectivity index (χ0n) is 10.0. The molecule has 1 atom stereocenters. The molecule has 0 aliphatic carbocycles. The normalized spacial score (nSPS) is 22.1. The summed E-state index contributed by atoms with van der Waals surface area (Å²) >= 11 is 0. The van der Waals surface area contributed by atoms with E-state index in [2.05, 4.69) is 22.1 Å². The van der Waals surface area contributed by atoms with Gasteiger partial charge >= 0.3 is 0 Å². The summed E-state index contributed by atoms with van der Waals surface area (Å²) in [4.78, 5) is 2.35. The number of fused-ring (bicyclic) bond motifs is 1. The van der Waals surface area contributed by atoms with Crippen LogP contribution in [0, 0.1) is 0 Å². The van der Waals surface area contributed by atoms with Crippen LogP contribution in [0.15, 0.2) is 18.3 Å². The van der Waals surface area contributed by atoms with Crippen LogP contribution in [-0.4, -0.2) is 39.6 Å². The number of rotatable bonds is 1. The van der Waals surface area contributed by atoms with Crippen LogP contribution in [0.5, 0.6) is 0 Å². The molecule has 1 aliphatic rings. The molecule has 0 aromatic carbocycles. The number of hydrogen-bond donors (Lipinski definition) is 1. The van der Waals surface area contributed by atoms with Crippen molar-refractivity contribution in [3.8, 4) is 0 Å². The monoisotopic (exact) mass is 231 g/mol. The Balaban J connectivity index is 2.01. The average molecular weight is 231 g/mol. The van der Waals surface area contributed by atoms with Crippen molar-refractivity contribution < 1.29 is 0 Å². The van der Waals surface area contributed by atoms with Crippen molar-refractivity contribution in [1.82, 2.24) is 19.5 Å². The lowest BCUT2D eigenvalue weighted by molar-refractivity contribution is 0.245. The van der Waals surface area contributed by atoms with Crippen LogP contribution in [0.4, 0.5) is 5.69 Å².